The topological polar surface area (TPSA) is 35.5 Å². The third-order valence-electron chi connectivity index (χ3n) is 4.57. The van der Waals surface area contributed by atoms with Gasteiger partial charge in [-0.05, 0) is 79.6 Å². The molecule has 2 aromatic carbocycles. The lowest BCUT2D eigenvalue weighted by Crippen LogP contribution is -2.20. The van der Waals surface area contributed by atoms with Gasteiger partial charge in [0.1, 0.15) is 5.75 Å². The zero-order chi connectivity index (χ0) is 17.6. The molecular formula is C22H22O3. The lowest BCUT2D eigenvalue weighted by Gasteiger charge is -2.25. The summed E-state index contributed by atoms with van der Waals surface area (Å²) in [7, 11) is 1.38. The number of hydrogen-bond acceptors (Lipinski definition) is 3. The first-order chi connectivity index (χ1) is 12.2. The molecule has 3 rings (SSSR count). The van der Waals surface area contributed by atoms with E-state index >= 15 is 0 Å². The van der Waals surface area contributed by atoms with Crippen LogP contribution in [0.1, 0.15) is 40.4 Å². The van der Waals surface area contributed by atoms with Crippen LogP contribution in [-0.4, -0.2) is 19.7 Å². The number of aryl methyl sites for hydroxylation is 1. The van der Waals surface area contributed by atoms with Crippen molar-refractivity contribution < 1.29 is 14.3 Å². The third-order valence-corrected chi connectivity index (χ3v) is 4.57. The van der Waals surface area contributed by atoms with Gasteiger partial charge in [-0.1, -0.05) is 12.0 Å². The second kappa shape index (κ2) is 7.90. The second-order valence-corrected chi connectivity index (χ2v) is 6.29. The first-order valence-corrected chi connectivity index (χ1v) is 8.55. The zero-order valence-electron chi connectivity index (χ0n) is 14.7. The summed E-state index contributed by atoms with van der Waals surface area (Å²) in [5, 5.41) is 0. The normalized spacial score (nSPS) is 15.5. The molecule has 0 heterocycles. The summed E-state index contributed by atoms with van der Waals surface area (Å²) in [4.78, 5) is 11.4. The number of methoxy groups -OCH3 is 1. The lowest BCUT2D eigenvalue weighted by atomic mass is 9.83. The van der Waals surface area contributed by atoms with Crippen molar-refractivity contribution in [2.75, 3.05) is 13.7 Å². The van der Waals surface area contributed by atoms with E-state index in [0.29, 0.717) is 18.1 Å². The molecule has 3 heteroatoms. The Kier molecular flexibility index (Phi) is 5.40. The van der Waals surface area contributed by atoms with Crippen molar-refractivity contribution in [1.82, 2.24) is 0 Å². The molecule has 0 radical (unpaired) electrons. The van der Waals surface area contributed by atoms with Crippen LogP contribution in [0.15, 0.2) is 42.5 Å². The van der Waals surface area contributed by atoms with E-state index in [9.17, 15) is 4.79 Å². The first-order valence-electron chi connectivity index (χ1n) is 8.55. The summed E-state index contributed by atoms with van der Waals surface area (Å²) in [5.74, 6) is 7.04. The van der Waals surface area contributed by atoms with Crippen molar-refractivity contribution in [1.29, 1.82) is 0 Å². The number of ether oxygens (including phenoxy) is 2. The standard InChI is InChI=1S/C22H22O3/c1-3-4-16-5-7-20-14-17(6-8-19(20)13-16)15-25-21-11-9-18(10-12-21)22(23)24-2/h5,7,9-13,17H,6,8,14-15H2,1-2H3. The van der Waals surface area contributed by atoms with Crippen LogP contribution in [0.3, 0.4) is 0 Å². The molecule has 0 spiro atoms. The van der Waals surface area contributed by atoms with Crippen LogP contribution in [0.5, 0.6) is 5.75 Å². The Bertz CT molecular complexity index is 809. The predicted molar refractivity (Wildman–Crippen MR) is 97.8 cm³/mol. The SMILES string of the molecule is CC#Cc1ccc2c(c1)CCC(COc1ccc(C(=O)OC)cc1)C2. The van der Waals surface area contributed by atoms with Gasteiger partial charge in [-0.2, -0.15) is 0 Å². The fourth-order valence-electron chi connectivity index (χ4n) is 3.21. The minimum absolute atomic E-state index is 0.331. The molecule has 0 aliphatic heterocycles. The van der Waals surface area contributed by atoms with Gasteiger partial charge in [-0.15, -0.1) is 5.92 Å². The van der Waals surface area contributed by atoms with Crippen LogP contribution in [0, 0.1) is 17.8 Å². The second-order valence-electron chi connectivity index (χ2n) is 6.29. The molecule has 128 valence electrons. The van der Waals surface area contributed by atoms with Crippen molar-refractivity contribution in [3.05, 3.63) is 64.7 Å². The van der Waals surface area contributed by atoms with E-state index in [2.05, 4.69) is 30.0 Å². The number of carbonyl (C=O) groups is 1. The van der Waals surface area contributed by atoms with E-state index in [1.54, 1.807) is 12.1 Å². The van der Waals surface area contributed by atoms with Gasteiger partial charge < -0.3 is 9.47 Å². The van der Waals surface area contributed by atoms with Gasteiger partial charge in [0.05, 0.1) is 19.3 Å². The van der Waals surface area contributed by atoms with Crippen LogP contribution in [0.25, 0.3) is 0 Å². The largest absolute Gasteiger partial charge is 0.493 e. The Labute approximate surface area is 149 Å². The number of esters is 1. The van der Waals surface area contributed by atoms with Crippen molar-refractivity contribution in [3.63, 3.8) is 0 Å². The molecule has 1 aliphatic rings. The highest BCUT2D eigenvalue weighted by molar-refractivity contribution is 5.89. The van der Waals surface area contributed by atoms with Gasteiger partial charge in [-0.25, -0.2) is 4.79 Å². The third kappa shape index (κ3) is 4.22. The maximum absolute atomic E-state index is 11.4. The fraction of sp³-hybridized carbons (Fsp3) is 0.318. The predicted octanol–water partition coefficient (Wildman–Crippen LogP) is 4.03. The summed E-state index contributed by atoms with van der Waals surface area (Å²) >= 11 is 0. The average molecular weight is 334 g/mol. The molecule has 1 unspecified atom stereocenters. The maximum atomic E-state index is 11.4. The van der Waals surface area contributed by atoms with Gasteiger partial charge in [0.15, 0.2) is 0 Å². The molecule has 25 heavy (non-hydrogen) atoms. The highest BCUT2D eigenvalue weighted by Crippen LogP contribution is 2.27. The molecule has 2 aromatic rings. The van der Waals surface area contributed by atoms with E-state index in [-0.39, 0.29) is 5.97 Å². The van der Waals surface area contributed by atoms with Gasteiger partial charge >= 0.3 is 5.97 Å². The minimum atomic E-state index is -0.331. The van der Waals surface area contributed by atoms with E-state index in [0.717, 1.165) is 30.6 Å². The van der Waals surface area contributed by atoms with Crippen molar-refractivity contribution >= 4 is 5.97 Å². The summed E-state index contributed by atoms with van der Waals surface area (Å²) < 4.78 is 10.6. The number of fused-ring (bicyclic) bond motifs is 1. The summed E-state index contributed by atoms with van der Waals surface area (Å²) in [5.41, 5.74) is 4.45. The summed E-state index contributed by atoms with van der Waals surface area (Å²) in [6.45, 7) is 2.55. The van der Waals surface area contributed by atoms with Crippen LogP contribution >= 0.6 is 0 Å². The average Bonchev–Trinajstić information content (AvgIpc) is 2.66. The molecule has 0 bridgehead atoms. The van der Waals surface area contributed by atoms with Crippen molar-refractivity contribution in [2.45, 2.75) is 26.2 Å². The van der Waals surface area contributed by atoms with Crippen molar-refractivity contribution in [3.8, 4) is 17.6 Å². The Balaban J connectivity index is 1.58. The van der Waals surface area contributed by atoms with Crippen LogP contribution in [0.4, 0.5) is 0 Å². The van der Waals surface area contributed by atoms with Crippen LogP contribution < -0.4 is 4.74 Å². The van der Waals surface area contributed by atoms with Gasteiger partial charge in [-0.3, -0.25) is 0 Å². The van der Waals surface area contributed by atoms with E-state index in [1.807, 2.05) is 19.1 Å². The van der Waals surface area contributed by atoms with Gasteiger partial charge in [0.25, 0.3) is 0 Å². The minimum Gasteiger partial charge on any atom is -0.493 e. The summed E-state index contributed by atoms with van der Waals surface area (Å²) in [6.07, 6.45) is 3.23. The molecule has 0 amide bonds. The number of rotatable bonds is 4. The molecular weight excluding hydrogens is 312 g/mol. The van der Waals surface area contributed by atoms with Gasteiger partial charge in [0, 0.05) is 5.56 Å². The molecule has 0 saturated heterocycles. The summed E-state index contributed by atoms with van der Waals surface area (Å²) in [6, 6.07) is 13.6. The number of carbonyl (C=O) groups excluding carboxylic acids is 1. The van der Waals surface area contributed by atoms with E-state index in [1.165, 1.54) is 18.2 Å². The highest BCUT2D eigenvalue weighted by atomic mass is 16.5. The molecule has 1 atom stereocenters. The maximum Gasteiger partial charge on any atom is 0.337 e. The molecule has 0 fully saturated rings. The number of hydrogen-bond donors (Lipinski definition) is 0. The Morgan fingerprint density at radius 1 is 1.16 bits per heavy atom. The van der Waals surface area contributed by atoms with E-state index < -0.39 is 0 Å². The number of benzene rings is 2. The van der Waals surface area contributed by atoms with E-state index in [4.69, 9.17) is 9.47 Å². The van der Waals surface area contributed by atoms with Crippen LogP contribution in [0.2, 0.25) is 0 Å². The highest BCUT2D eigenvalue weighted by Gasteiger charge is 2.19. The monoisotopic (exact) mass is 334 g/mol. The van der Waals surface area contributed by atoms with Crippen molar-refractivity contribution in [2.24, 2.45) is 5.92 Å². The molecule has 3 nitrogen and oxygen atoms in total. The lowest BCUT2D eigenvalue weighted by molar-refractivity contribution is 0.0600. The molecule has 0 aromatic heterocycles. The van der Waals surface area contributed by atoms with Crippen LogP contribution in [-0.2, 0) is 17.6 Å². The smallest absolute Gasteiger partial charge is 0.337 e. The Morgan fingerprint density at radius 3 is 2.68 bits per heavy atom. The molecule has 1 aliphatic carbocycles. The zero-order valence-corrected chi connectivity index (χ0v) is 14.7. The Morgan fingerprint density at radius 2 is 1.96 bits per heavy atom. The fourth-order valence-corrected chi connectivity index (χ4v) is 3.21. The Hall–Kier alpha value is -2.73. The van der Waals surface area contributed by atoms with Gasteiger partial charge in [0.2, 0.25) is 0 Å². The molecule has 0 saturated carbocycles. The molecule has 0 N–H and O–H groups in total. The first kappa shape index (κ1) is 17.1. The quantitative estimate of drug-likeness (QED) is 0.625.